The number of furan rings is 1. The van der Waals surface area contributed by atoms with Crippen LogP contribution in [0.5, 0.6) is 0 Å². The summed E-state index contributed by atoms with van der Waals surface area (Å²) in [5.41, 5.74) is 1.05. The monoisotopic (exact) mass is 430 g/mol. The van der Waals surface area contributed by atoms with Crippen LogP contribution in [-0.4, -0.2) is 61.3 Å². The second-order valence-corrected chi connectivity index (χ2v) is 8.13. The molecule has 7 nitrogen and oxygen atoms in total. The highest BCUT2D eigenvalue weighted by Crippen LogP contribution is 2.22. The summed E-state index contributed by atoms with van der Waals surface area (Å²) in [6.45, 7) is 5.03. The summed E-state index contributed by atoms with van der Waals surface area (Å²) in [6.07, 6.45) is 0.122. The van der Waals surface area contributed by atoms with E-state index in [2.05, 4.69) is 5.32 Å². The number of carbonyl (C=O) groups is 2. The summed E-state index contributed by atoms with van der Waals surface area (Å²) in [6, 6.07) is 7.93. The summed E-state index contributed by atoms with van der Waals surface area (Å²) in [4.78, 5) is 26.8. The van der Waals surface area contributed by atoms with Gasteiger partial charge in [-0.25, -0.2) is 4.39 Å². The lowest BCUT2D eigenvalue weighted by Gasteiger charge is -2.19. The van der Waals surface area contributed by atoms with E-state index in [9.17, 15) is 14.0 Å². The Balaban J connectivity index is 1.26. The predicted octanol–water partition coefficient (Wildman–Crippen LogP) is 2.39. The maximum absolute atomic E-state index is 13.8. The molecule has 0 spiro atoms. The second kappa shape index (κ2) is 9.20. The van der Waals surface area contributed by atoms with Crippen LogP contribution in [-0.2, 0) is 20.7 Å². The highest BCUT2D eigenvalue weighted by atomic mass is 19.1. The zero-order valence-corrected chi connectivity index (χ0v) is 17.7. The van der Waals surface area contributed by atoms with Gasteiger partial charge >= 0.3 is 0 Å². The lowest BCUT2D eigenvalue weighted by Crippen LogP contribution is -2.41. The third-order valence-corrected chi connectivity index (χ3v) is 5.78. The molecule has 166 valence electrons. The highest BCUT2D eigenvalue weighted by Gasteiger charge is 2.39. The Bertz CT molecular complexity index is 943. The first kappa shape index (κ1) is 21.5. The van der Waals surface area contributed by atoms with Gasteiger partial charge in [0.25, 0.3) is 5.91 Å². The summed E-state index contributed by atoms with van der Waals surface area (Å²) in [7, 11) is 0. The number of benzene rings is 1. The van der Waals surface area contributed by atoms with Crippen LogP contribution in [0.3, 0.4) is 0 Å². The Labute approximate surface area is 180 Å². The number of fused-ring (bicyclic) bond motifs is 1. The van der Waals surface area contributed by atoms with Crippen molar-refractivity contribution in [1.29, 1.82) is 0 Å². The molecule has 2 aromatic rings. The van der Waals surface area contributed by atoms with Crippen molar-refractivity contribution in [2.24, 2.45) is 0 Å². The van der Waals surface area contributed by atoms with E-state index in [1.165, 1.54) is 6.07 Å². The molecule has 2 atom stereocenters. The standard InChI is InChI=1S/C23H27FN2O5/c1-14-9-18(15(2)31-14)23(28)25-17-12-29-20-10-26(11-21(20)30-13-17)22(27)8-7-16-5-3-4-6-19(16)24/h3-6,9,17,20-21H,7-8,10-13H2,1-2H3,(H,25,28)/t20-,21-/m0/s1. The molecule has 8 heteroatoms. The van der Waals surface area contributed by atoms with Gasteiger partial charge in [0.1, 0.15) is 29.5 Å². The van der Waals surface area contributed by atoms with Crippen LogP contribution in [0.15, 0.2) is 34.7 Å². The molecule has 1 aromatic heterocycles. The molecule has 1 N–H and O–H groups in total. The molecule has 2 fully saturated rings. The van der Waals surface area contributed by atoms with Gasteiger partial charge in [0.15, 0.2) is 0 Å². The summed E-state index contributed by atoms with van der Waals surface area (Å²) < 4.78 is 31.1. The minimum absolute atomic E-state index is 0.0424. The lowest BCUT2D eigenvalue weighted by atomic mass is 10.1. The first-order valence-electron chi connectivity index (χ1n) is 10.5. The van der Waals surface area contributed by atoms with Crippen molar-refractivity contribution >= 4 is 11.8 Å². The third-order valence-electron chi connectivity index (χ3n) is 5.78. The van der Waals surface area contributed by atoms with Gasteiger partial charge in [-0.15, -0.1) is 0 Å². The van der Waals surface area contributed by atoms with Crippen LogP contribution < -0.4 is 5.32 Å². The Hall–Kier alpha value is -2.71. The molecular formula is C23H27FN2O5. The molecule has 2 amide bonds. The number of nitrogens with one attached hydrogen (secondary N) is 1. The topological polar surface area (TPSA) is 81.0 Å². The SMILES string of the molecule is Cc1cc(C(=O)NC2CO[C@H]3CN(C(=O)CCc4ccccc4F)C[C@@H]3OC2)c(C)o1. The average Bonchev–Trinajstić information content (AvgIpc) is 3.26. The Kier molecular flexibility index (Phi) is 6.38. The van der Waals surface area contributed by atoms with Gasteiger partial charge < -0.3 is 24.1 Å². The largest absolute Gasteiger partial charge is 0.466 e. The number of halogens is 1. The first-order chi connectivity index (χ1) is 14.9. The van der Waals surface area contributed by atoms with E-state index in [0.29, 0.717) is 55.4 Å². The fourth-order valence-electron chi connectivity index (χ4n) is 4.10. The number of amides is 2. The molecule has 0 unspecified atom stereocenters. The van der Waals surface area contributed by atoms with Gasteiger partial charge in [-0.1, -0.05) is 18.2 Å². The molecule has 0 aliphatic carbocycles. The van der Waals surface area contributed by atoms with Crippen LogP contribution in [0, 0.1) is 19.7 Å². The van der Waals surface area contributed by atoms with Gasteiger partial charge in [-0.3, -0.25) is 9.59 Å². The summed E-state index contributed by atoms with van der Waals surface area (Å²) >= 11 is 0. The number of rotatable bonds is 5. The maximum atomic E-state index is 13.8. The number of hydrogen-bond acceptors (Lipinski definition) is 5. The Morgan fingerprint density at radius 2 is 1.81 bits per heavy atom. The molecule has 1 aromatic carbocycles. The number of aryl methyl sites for hydroxylation is 3. The Morgan fingerprint density at radius 3 is 2.42 bits per heavy atom. The van der Waals surface area contributed by atoms with Crippen LogP contribution in [0.4, 0.5) is 4.39 Å². The molecule has 0 saturated carbocycles. The molecule has 0 radical (unpaired) electrons. The van der Waals surface area contributed by atoms with Crippen LogP contribution >= 0.6 is 0 Å². The van der Waals surface area contributed by atoms with Crippen molar-refractivity contribution in [3.05, 3.63) is 58.8 Å². The van der Waals surface area contributed by atoms with Crippen molar-refractivity contribution in [1.82, 2.24) is 10.2 Å². The fourth-order valence-corrected chi connectivity index (χ4v) is 4.10. The molecule has 0 bridgehead atoms. The smallest absolute Gasteiger partial charge is 0.255 e. The normalized spacial score (nSPS) is 21.6. The minimum Gasteiger partial charge on any atom is -0.466 e. The van der Waals surface area contributed by atoms with Crippen molar-refractivity contribution in [2.75, 3.05) is 26.3 Å². The van der Waals surface area contributed by atoms with Crippen molar-refractivity contribution < 1.29 is 27.9 Å². The zero-order valence-electron chi connectivity index (χ0n) is 17.7. The first-order valence-corrected chi connectivity index (χ1v) is 10.5. The third kappa shape index (κ3) is 4.97. The van der Waals surface area contributed by atoms with E-state index in [4.69, 9.17) is 13.9 Å². The molecule has 2 saturated heterocycles. The predicted molar refractivity (Wildman–Crippen MR) is 110 cm³/mol. The summed E-state index contributed by atoms with van der Waals surface area (Å²) in [5.74, 6) is 0.710. The van der Waals surface area contributed by atoms with E-state index >= 15 is 0 Å². The Morgan fingerprint density at radius 1 is 1.13 bits per heavy atom. The highest BCUT2D eigenvalue weighted by molar-refractivity contribution is 5.95. The quantitative estimate of drug-likeness (QED) is 0.788. The molecule has 4 rings (SSSR count). The van der Waals surface area contributed by atoms with E-state index in [1.54, 1.807) is 43.0 Å². The molecule has 3 heterocycles. The number of likely N-dealkylation sites (tertiary alicyclic amines) is 1. The lowest BCUT2D eigenvalue weighted by molar-refractivity contribution is -0.131. The minimum atomic E-state index is -0.289. The number of nitrogens with zero attached hydrogens (tertiary/aromatic N) is 1. The van der Waals surface area contributed by atoms with Gasteiger partial charge in [0, 0.05) is 19.5 Å². The van der Waals surface area contributed by atoms with Crippen molar-refractivity contribution in [3.63, 3.8) is 0 Å². The number of hydrogen-bond donors (Lipinski definition) is 1. The molecule has 2 aliphatic rings. The van der Waals surface area contributed by atoms with Crippen molar-refractivity contribution in [2.45, 2.75) is 44.9 Å². The molecule has 31 heavy (non-hydrogen) atoms. The number of carbonyl (C=O) groups excluding carboxylic acids is 2. The van der Waals surface area contributed by atoms with E-state index in [-0.39, 0.29) is 42.3 Å². The second-order valence-electron chi connectivity index (χ2n) is 8.13. The molecular weight excluding hydrogens is 403 g/mol. The summed E-state index contributed by atoms with van der Waals surface area (Å²) in [5, 5.41) is 2.93. The molecule has 2 aliphatic heterocycles. The van der Waals surface area contributed by atoms with Gasteiger partial charge in [-0.2, -0.15) is 0 Å². The fraction of sp³-hybridized carbons (Fsp3) is 0.478. The van der Waals surface area contributed by atoms with E-state index in [0.717, 1.165) is 0 Å². The van der Waals surface area contributed by atoms with Crippen LogP contribution in [0.1, 0.15) is 33.9 Å². The van der Waals surface area contributed by atoms with E-state index < -0.39 is 0 Å². The number of ether oxygens (including phenoxy) is 2. The van der Waals surface area contributed by atoms with E-state index in [1.807, 2.05) is 0 Å². The zero-order chi connectivity index (χ0) is 22.0. The van der Waals surface area contributed by atoms with Crippen LogP contribution in [0.25, 0.3) is 0 Å². The van der Waals surface area contributed by atoms with Gasteiger partial charge in [0.05, 0.1) is 24.8 Å². The van der Waals surface area contributed by atoms with Gasteiger partial charge in [-0.05, 0) is 38.0 Å². The van der Waals surface area contributed by atoms with Gasteiger partial charge in [0.2, 0.25) is 5.91 Å². The van der Waals surface area contributed by atoms with Crippen LogP contribution in [0.2, 0.25) is 0 Å². The maximum Gasteiger partial charge on any atom is 0.255 e. The average molecular weight is 430 g/mol. The van der Waals surface area contributed by atoms with Crippen molar-refractivity contribution in [3.8, 4) is 0 Å².